The Labute approximate surface area is 119 Å². The summed E-state index contributed by atoms with van der Waals surface area (Å²) in [6.45, 7) is 13.0. The van der Waals surface area contributed by atoms with Gasteiger partial charge in [-0.2, -0.15) is 0 Å². The number of ether oxygens (including phenoxy) is 2. The first-order chi connectivity index (χ1) is 9.07. The van der Waals surface area contributed by atoms with Gasteiger partial charge in [-0.3, -0.25) is 0 Å². The second-order valence-electron chi connectivity index (χ2n) is 4.46. The van der Waals surface area contributed by atoms with E-state index in [9.17, 15) is 9.59 Å². The number of carbonyl (C=O) groups excluding carboxylic acids is 2. The van der Waals surface area contributed by atoms with Crippen LogP contribution in [0.25, 0.3) is 0 Å². The van der Waals surface area contributed by atoms with Crippen LogP contribution in [0.15, 0.2) is 24.3 Å². The molecular formula is C14H24O6. The molecule has 0 saturated heterocycles. The molecule has 0 fully saturated rings. The van der Waals surface area contributed by atoms with Gasteiger partial charge in [-0.05, 0) is 27.7 Å². The number of aliphatic hydroxyl groups excluding tert-OH is 2. The minimum absolute atomic E-state index is 0.0334. The van der Waals surface area contributed by atoms with Crippen LogP contribution in [0.3, 0.4) is 0 Å². The monoisotopic (exact) mass is 288 g/mol. The van der Waals surface area contributed by atoms with Crippen molar-refractivity contribution in [2.24, 2.45) is 0 Å². The van der Waals surface area contributed by atoms with Crippen molar-refractivity contribution in [1.82, 2.24) is 0 Å². The lowest BCUT2D eigenvalue weighted by molar-refractivity contribution is -0.142. The average molecular weight is 288 g/mol. The summed E-state index contributed by atoms with van der Waals surface area (Å²) < 4.78 is 9.15. The molecule has 2 unspecified atom stereocenters. The van der Waals surface area contributed by atoms with Crippen molar-refractivity contribution in [2.75, 3.05) is 13.2 Å². The predicted molar refractivity (Wildman–Crippen MR) is 74.9 cm³/mol. The molecule has 116 valence electrons. The summed E-state index contributed by atoms with van der Waals surface area (Å²) in [4.78, 5) is 21.2. The van der Waals surface area contributed by atoms with Gasteiger partial charge < -0.3 is 19.7 Å². The Morgan fingerprint density at radius 2 is 1.15 bits per heavy atom. The summed E-state index contributed by atoms with van der Waals surface area (Å²) in [6, 6.07) is 0. The van der Waals surface area contributed by atoms with Gasteiger partial charge in [-0.15, -0.1) is 0 Å². The zero-order valence-electron chi connectivity index (χ0n) is 12.5. The topological polar surface area (TPSA) is 93.1 Å². The third-order valence-corrected chi connectivity index (χ3v) is 1.61. The number of esters is 2. The van der Waals surface area contributed by atoms with Gasteiger partial charge in [0, 0.05) is 11.1 Å². The molecule has 0 bridgehead atoms. The van der Waals surface area contributed by atoms with E-state index >= 15 is 0 Å². The third-order valence-electron chi connectivity index (χ3n) is 1.61. The lowest BCUT2D eigenvalue weighted by atomic mass is 10.3. The quantitative estimate of drug-likeness (QED) is 0.559. The average Bonchev–Trinajstić information content (AvgIpc) is 2.33. The molecule has 2 atom stereocenters. The van der Waals surface area contributed by atoms with Crippen LogP contribution in [0, 0.1) is 0 Å². The van der Waals surface area contributed by atoms with Crippen molar-refractivity contribution in [2.45, 2.75) is 39.9 Å². The zero-order valence-corrected chi connectivity index (χ0v) is 12.5. The summed E-state index contributed by atoms with van der Waals surface area (Å²) in [5.41, 5.74) is 0.696. The molecule has 2 N–H and O–H groups in total. The Hall–Kier alpha value is -1.66. The van der Waals surface area contributed by atoms with Gasteiger partial charge in [-0.25, -0.2) is 9.59 Å². The van der Waals surface area contributed by atoms with Gasteiger partial charge in [0.05, 0.1) is 12.2 Å². The maximum atomic E-state index is 10.6. The molecule has 6 heteroatoms. The van der Waals surface area contributed by atoms with E-state index in [0.717, 1.165) is 0 Å². The molecule has 0 aliphatic heterocycles. The van der Waals surface area contributed by atoms with E-state index in [1.807, 2.05) is 0 Å². The molecule has 0 heterocycles. The van der Waals surface area contributed by atoms with Gasteiger partial charge in [0.25, 0.3) is 0 Å². The molecule has 0 aliphatic carbocycles. The van der Waals surface area contributed by atoms with Crippen LogP contribution in [0.4, 0.5) is 0 Å². The second-order valence-corrected chi connectivity index (χ2v) is 4.46. The number of hydrogen-bond donors (Lipinski definition) is 2. The summed E-state index contributed by atoms with van der Waals surface area (Å²) in [5.74, 6) is -0.915. The highest BCUT2D eigenvalue weighted by molar-refractivity contribution is 5.87. The molecule has 0 spiro atoms. The summed E-state index contributed by atoms with van der Waals surface area (Å²) >= 11 is 0. The number of carbonyl (C=O) groups is 2. The van der Waals surface area contributed by atoms with Crippen LogP contribution < -0.4 is 0 Å². The SMILES string of the molecule is C=C(C)C(=O)OCC(C)O.C=C(C)C(=O)OCC(C)O. The van der Waals surface area contributed by atoms with Crippen LogP contribution in [0.5, 0.6) is 0 Å². The maximum absolute atomic E-state index is 10.6. The molecule has 0 amide bonds. The highest BCUT2D eigenvalue weighted by atomic mass is 16.5. The standard InChI is InChI=1S/2C7H12O3/c2*1-5(2)7(9)10-4-6(3)8/h2*6,8H,1,4H2,2-3H3. The van der Waals surface area contributed by atoms with Crippen LogP contribution in [0.2, 0.25) is 0 Å². The zero-order chi connectivity index (χ0) is 16.3. The summed E-state index contributed by atoms with van der Waals surface area (Å²) in [7, 11) is 0. The van der Waals surface area contributed by atoms with E-state index < -0.39 is 24.1 Å². The highest BCUT2D eigenvalue weighted by Crippen LogP contribution is 1.93. The minimum atomic E-state index is -0.608. The predicted octanol–water partition coefficient (Wildman–Crippen LogP) is 0.973. The molecule has 0 aromatic heterocycles. The van der Waals surface area contributed by atoms with Crippen molar-refractivity contribution in [3.8, 4) is 0 Å². The number of hydrogen-bond acceptors (Lipinski definition) is 6. The molecule has 0 rings (SSSR count). The Kier molecular flexibility index (Phi) is 11.6. The Morgan fingerprint density at radius 3 is 1.30 bits per heavy atom. The van der Waals surface area contributed by atoms with Crippen LogP contribution in [-0.4, -0.2) is 47.6 Å². The van der Waals surface area contributed by atoms with E-state index in [-0.39, 0.29) is 13.2 Å². The van der Waals surface area contributed by atoms with Gasteiger partial charge in [-0.1, -0.05) is 13.2 Å². The van der Waals surface area contributed by atoms with Crippen molar-refractivity contribution >= 4 is 11.9 Å². The van der Waals surface area contributed by atoms with E-state index in [1.165, 1.54) is 0 Å². The first-order valence-corrected chi connectivity index (χ1v) is 6.09. The van der Waals surface area contributed by atoms with E-state index in [0.29, 0.717) is 11.1 Å². The lowest BCUT2D eigenvalue weighted by Gasteiger charge is -2.04. The molecule has 0 aromatic carbocycles. The Morgan fingerprint density at radius 1 is 0.900 bits per heavy atom. The summed E-state index contributed by atoms with van der Waals surface area (Å²) in [5, 5.41) is 17.4. The van der Waals surface area contributed by atoms with Crippen LogP contribution >= 0.6 is 0 Å². The van der Waals surface area contributed by atoms with Gasteiger partial charge in [0.15, 0.2) is 0 Å². The first kappa shape index (κ1) is 20.7. The fourth-order valence-electron chi connectivity index (χ4n) is 0.639. The molecule has 0 aliphatic rings. The van der Waals surface area contributed by atoms with Gasteiger partial charge in [0.2, 0.25) is 0 Å². The third kappa shape index (κ3) is 14.4. The van der Waals surface area contributed by atoms with Crippen molar-refractivity contribution in [3.05, 3.63) is 24.3 Å². The van der Waals surface area contributed by atoms with Crippen molar-refractivity contribution in [1.29, 1.82) is 0 Å². The molecule has 20 heavy (non-hydrogen) atoms. The summed E-state index contributed by atoms with van der Waals surface area (Å²) in [6.07, 6.45) is -1.22. The van der Waals surface area contributed by atoms with Crippen LogP contribution in [0.1, 0.15) is 27.7 Å². The van der Waals surface area contributed by atoms with Crippen molar-refractivity contribution in [3.63, 3.8) is 0 Å². The highest BCUT2D eigenvalue weighted by Gasteiger charge is 2.04. The first-order valence-electron chi connectivity index (χ1n) is 6.09. The Bertz CT molecular complexity index is 310. The number of rotatable bonds is 6. The maximum Gasteiger partial charge on any atom is 0.333 e. The van der Waals surface area contributed by atoms with Gasteiger partial charge in [0.1, 0.15) is 13.2 Å². The fraction of sp³-hybridized carbons (Fsp3) is 0.571. The second kappa shape index (κ2) is 11.2. The molecule has 0 aromatic rings. The van der Waals surface area contributed by atoms with E-state index in [1.54, 1.807) is 27.7 Å². The van der Waals surface area contributed by atoms with E-state index in [4.69, 9.17) is 10.2 Å². The van der Waals surface area contributed by atoms with Crippen molar-refractivity contribution < 1.29 is 29.3 Å². The lowest BCUT2D eigenvalue weighted by Crippen LogP contribution is -2.15. The van der Waals surface area contributed by atoms with Gasteiger partial charge >= 0.3 is 11.9 Å². The van der Waals surface area contributed by atoms with E-state index in [2.05, 4.69) is 22.6 Å². The number of aliphatic hydroxyl groups is 2. The Balaban J connectivity index is 0. The molecule has 0 radical (unpaired) electrons. The normalized spacial score (nSPS) is 12.3. The largest absolute Gasteiger partial charge is 0.460 e. The molecule has 6 nitrogen and oxygen atoms in total. The smallest absolute Gasteiger partial charge is 0.333 e. The van der Waals surface area contributed by atoms with Crippen LogP contribution in [-0.2, 0) is 19.1 Å². The molecular weight excluding hydrogens is 264 g/mol. The minimum Gasteiger partial charge on any atom is -0.460 e. The fourth-order valence-corrected chi connectivity index (χ4v) is 0.639. The molecule has 0 saturated carbocycles.